The third kappa shape index (κ3) is 7.91. The molecular weight excluding hydrogens is 456 g/mol. The normalized spacial score (nSPS) is 13.8. The molecule has 204 valence electrons. The third-order valence-corrected chi connectivity index (χ3v) is 8.19. The zero-order valence-corrected chi connectivity index (χ0v) is 23.7. The Kier molecular flexibility index (Phi) is 11.5. The van der Waals surface area contributed by atoms with Gasteiger partial charge in [0, 0.05) is 35.1 Å². The highest BCUT2D eigenvalue weighted by Crippen LogP contribution is 2.41. The fourth-order valence-corrected chi connectivity index (χ4v) is 6.02. The van der Waals surface area contributed by atoms with Crippen molar-refractivity contribution in [2.75, 3.05) is 13.2 Å². The van der Waals surface area contributed by atoms with E-state index in [1.54, 1.807) is 0 Å². The van der Waals surface area contributed by atoms with Crippen molar-refractivity contribution in [2.24, 2.45) is 0 Å². The number of hydrogen-bond acceptors (Lipinski definition) is 3. The predicted octanol–water partition coefficient (Wildman–Crippen LogP) is 9.93. The van der Waals surface area contributed by atoms with E-state index in [2.05, 4.69) is 38.1 Å². The van der Waals surface area contributed by atoms with Crippen LogP contribution in [-0.4, -0.2) is 13.2 Å². The number of fused-ring (bicyclic) bond motifs is 4. The molecule has 0 spiro atoms. The van der Waals surface area contributed by atoms with Gasteiger partial charge < -0.3 is 14.2 Å². The monoisotopic (exact) mass is 506 g/mol. The molecule has 0 unspecified atom stereocenters. The van der Waals surface area contributed by atoms with Crippen LogP contribution in [0.5, 0.6) is 23.0 Å². The maximum absolute atomic E-state index is 6.71. The first kappa shape index (κ1) is 27.9. The number of benzene rings is 2. The van der Waals surface area contributed by atoms with Gasteiger partial charge in [-0.05, 0) is 49.9 Å². The first-order chi connectivity index (χ1) is 18.3. The van der Waals surface area contributed by atoms with Crippen LogP contribution in [0.2, 0.25) is 0 Å². The molecule has 3 nitrogen and oxygen atoms in total. The summed E-state index contributed by atoms with van der Waals surface area (Å²) in [7, 11) is 0. The average molecular weight is 507 g/mol. The van der Waals surface area contributed by atoms with Gasteiger partial charge in [0.25, 0.3) is 0 Å². The van der Waals surface area contributed by atoms with Crippen molar-refractivity contribution in [3.63, 3.8) is 0 Å². The Hall–Kier alpha value is -2.16. The van der Waals surface area contributed by atoms with Crippen molar-refractivity contribution in [3.8, 4) is 23.0 Å². The minimum Gasteiger partial charge on any atom is -0.493 e. The molecular formula is C34H50O3. The van der Waals surface area contributed by atoms with Crippen molar-refractivity contribution in [2.45, 2.75) is 129 Å². The van der Waals surface area contributed by atoms with Crippen molar-refractivity contribution in [1.82, 2.24) is 0 Å². The van der Waals surface area contributed by atoms with E-state index < -0.39 is 0 Å². The summed E-state index contributed by atoms with van der Waals surface area (Å²) in [5.74, 6) is 4.21. The minimum absolute atomic E-state index is 0.755. The number of rotatable bonds is 18. The van der Waals surface area contributed by atoms with Crippen LogP contribution in [0.25, 0.3) is 0 Å². The summed E-state index contributed by atoms with van der Waals surface area (Å²) in [6, 6.07) is 8.54. The molecule has 2 aromatic carbocycles. The van der Waals surface area contributed by atoms with Crippen molar-refractivity contribution in [1.29, 1.82) is 0 Å². The molecule has 0 N–H and O–H groups in total. The van der Waals surface area contributed by atoms with E-state index in [0.717, 1.165) is 61.9 Å². The van der Waals surface area contributed by atoms with E-state index in [1.807, 2.05) is 0 Å². The molecule has 0 aliphatic carbocycles. The van der Waals surface area contributed by atoms with Crippen molar-refractivity contribution >= 4 is 0 Å². The maximum Gasteiger partial charge on any atom is 0.131 e. The molecule has 0 aromatic heterocycles. The quantitative estimate of drug-likeness (QED) is 0.188. The van der Waals surface area contributed by atoms with Crippen LogP contribution in [0.1, 0.15) is 126 Å². The van der Waals surface area contributed by atoms with Crippen LogP contribution in [0.4, 0.5) is 0 Å². The van der Waals surface area contributed by atoms with E-state index >= 15 is 0 Å². The van der Waals surface area contributed by atoms with Crippen molar-refractivity contribution in [3.05, 3.63) is 46.5 Å². The fourth-order valence-electron chi connectivity index (χ4n) is 6.02. The second-order valence-corrected chi connectivity index (χ2v) is 11.1. The lowest BCUT2D eigenvalue weighted by Gasteiger charge is -2.26. The number of unbranched alkanes of at least 4 members (excludes halogenated alkanes) is 12. The van der Waals surface area contributed by atoms with Gasteiger partial charge in [0.15, 0.2) is 0 Å². The summed E-state index contributed by atoms with van der Waals surface area (Å²) in [6.07, 6.45) is 22.7. The minimum atomic E-state index is 0.755. The SMILES string of the molecule is CCCCCCCCCc1c2ccc(Oc3ccc4c(CCCCCCCCC)c3CCO4)c1CCO2. The topological polar surface area (TPSA) is 27.7 Å². The van der Waals surface area contributed by atoms with E-state index in [4.69, 9.17) is 14.2 Å². The lowest BCUT2D eigenvalue weighted by Crippen LogP contribution is -2.16. The second-order valence-electron chi connectivity index (χ2n) is 11.1. The van der Waals surface area contributed by atoms with Gasteiger partial charge in [0.1, 0.15) is 23.0 Å². The van der Waals surface area contributed by atoms with E-state index in [0.29, 0.717) is 0 Å². The molecule has 3 heteroatoms. The van der Waals surface area contributed by atoms with Crippen LogP contribution in [-0.2, 0) is 25.7 Å². The zero-order valence-electron chi connectivity index (χ0n) is 23.7. The first-order valence-corrected chi connectivity index (χ1v) is 15.5. The smallest absolute Gasteiger partial charge is 0.131 e. The Morgan fingerprint density at radius 1 is 0.541 bits per heavy atom. The Morgan fingerprint density at radius 3 is 1.38 bits per heavy atom. The van der Waals surface area contributed by atoms with Crippen LogP contribution < -0.4 is 14.2 Å². The summed E-state index contributed by atoms with van der Waals surface area (Å²) in [6.45, 7) is 6.08. The Morgan fingerprint density at radius 2 is 0.946 bits per heavy atom. The lowest BCUT2D eigenvalue weighted by atomic mass is 9.94. The molecule has 2 aliphatic rings. The summed E-state index contributed by atoms with van der Waals surface area (Å²) < 4.78 is 18.8. The highest BCUT2D eigenvalue weighted by atomic mass is 16.5. The Balaban J connectivity index is 1.39. The highest BCUT2D eigenvalue weighted by molar-refractivity contribution is 5.55. The lowest BCUT2D eigenvalue weighted by molar-refractivity contribution is 0.295. The molecule has 2 aliphatic heterocycles. The predicted molar refractivity (Wildman–Crippen MR) is 155 cm³/mol. The Labute approximate surface area is 226 Å². The molecule has 4 rings (SSSR count). The van der Waals surface area contributed by atoms with E-state index in [9.17, 15) is 0 Å². The second kappa shape index (κ2) is 15.3. The third-order valence-electron chi connectivity index (χ3n) is 8.19. The molecule has 37 heavy (non-hydrogen) atoms. The van der Waals surface area contributed by atoms with Crippen LogP contribution in [0.15, 0.2) is 24.3 Å². The van der Waals surface area contributed by atoms with Gasteiger partial charge in [-0.2, -0.15) is 0 Å². The molecule has 2 aromatic rings. The van der Waals surface area contributed by atoms with Gasteiger partial charge in [0.2, 0.25) is 0 Å². The molecule has 0 fully saturated rings. The van der Waals surface area contributed by atoms with Crippen LogP contribution >= 0.6 is 0 Å². The highest BCUT2D eigenvalue weighted by Gasteiger charge is 2.23. The van der Waals surface area contributed by atoms with Crippen LogP contribution in [0, 0.1) is 0 Å². The molecule has 0 radical (unpaired) electrons. The number of hydrogen-bond donors (Lipinski definition) is 0. The molecule has 0 amide bonds. The van der Waals surface area contributed by atoms with Gasteiger partial charge >= 0.3 is 0 Å². The zero-order chi connectivity index (χ0) is 25.7. The van der Waals surface area contributed by atoms with Gasteiger partial charge in [-0.3, -0.25) is 0 Å². The summed E-state index contributed by atoms with van der Waals surface area (Å²) in [5, 5.41) is 0. The summed E-state index contributed by atoms with van der Waals surface area (Å²) >= 11 is 0. The molecule has 4 bridgehead atoms. The maximum atomic E-state index is 6.71. The average Bonchev–Trinajstić information content (AvgIpc) is 2.90. The van der Waals surface area contributed by atoms with Gasteiger partial charge in [-0.1, -0.05) is 90.9 Å². The van der Waals surface area contributed by atoms with Crippen molar-refractivity contribution < 1.29 is 14.2 Å². The molecule has 0 saturated heterocycles. The van der Waals surface area contributed by atoms with Gasteiger partial charge in [-0.25, -0.2) is 0 Å². The molecule has 0 atom stereocenters. The van der Waals surface area contributed by atoms with Gasteiger partial charge in [0.05, 0.1) is 13.2 Å². The number of ether oxygens (including phenoxy) is 3. The standard InChI is InChI=1S/C34H50O3/c1-3-5-7-9-11-13-15-17-27-29-23-25-35-31(27)19-21-33(29)37-34-22-20-32-28(30(34)24-26-36-32)18-16-14-12-10-8-6-4-2/h19-22H,3-18,23-26H2,1-2H3. The van der Waals surface area contributed by atoms with Gasteiger partial charge in [-0.15, -0.1) is 0 Å². The summed E-state index contributed by atoms with van der Waals surface area (Å²) in [4.78, 5) is 0. The Bertz CT molecular complexity index is 887. The van der Waals surface area contributed by atoms with E-state index in [-0.39, 0.29) is 0 Å². The molecule has 2 heterocycles. The van der Waals surface area contributed by atoms with Crippen LogP contribution in [0.3, 0.4) is 0 Å². The largest absolute Gasteiger partial charge is 0.493 e. The van der Waals surface area contributed by atoms with E-state index in [1.165, 1.54) is 112 Å². The summed E-state index contributed by atoms with van der Waals surface area (Å²) in [5.41, 5.74) is 5.50. The fraction of sp³-hybridized carbons (Fsp3) is 0.647. The molecule has 0 saturated carbocycles. The first-order valence-electron chi connectivity index (χ1n) is 15.5.